The molecule has 0 atom stereocenters. The number of halogens is 1. The zero-order valence-electron chi connectivity index (χ0n) is 11.2. The Bertz CT molecular complexity index is 453. The molecule has 0 aliphatic carbocycles. The molecule has 0 amide bonds. The molecule has 0 fully saturated rings. The number of aliphatic carboxylic acids is 1. The molecule has 1 aromatic carbocycles. The summed E-state index contributed by atoms with van der Waals surface area (Å²) in [5.74, 6) is -0.259. The number of carbonyl (C=O) groups is 1. The van der Waals surface area contributed by atoms with Crippen molar-refractivity contribution in [3.05, 3.63) is 28.3 Å². The summed E-state index contributed by atoms with van der Waals surface area (Å²) in [6, 6.07) is 3.83. The zero-order chi connectivity index (χ0) is 13.9. The van der Waals surface area contributed by atoms with Gasteiger partial charge in [0.05, 0.1) is 17.5 Å². The minimum absolute atomic E-state index is 0.388. The highest BCUT2D eigenvalue weighted by atomic mass is 35.5. The average Bonchev–Trinajstić information content (AvgIpc) is 2.27. The van der Waals surface area contributed by atoms with Crippen LogP contribution < -0.4 is 4.74 Å². The molecular weight excluding hydrogens is 252 g/mol. The Hall–Kier alpha value is -1.22. The average molecular weight is 271 g/mol. The molecule has 18 heavy (non-hydrogen) atoms. The summed E-state index contributed by atoms with van der Waals surface area (Å²) in [5.41, 5.74) is 1.08. The van der Waals surface area contributed by atoms with Crippen LogP contribution in [0.2, 0.25) is 5.02 Å². The first-order valence-electron chi connectivity index (χ1n) is 5.90. The predicted octanol–water partition coefficient (Wildman–Crippen LogP) is 3.56. The number of aryl methyl sites for hydroxylation is 1. The highest BCUT2D eigenvalue weighted by Gasteiger charge is 2.29. The standard InChI is InChI=1S/C14H19ClO3/c1-5-9-6-10(8-14(2,3)13(16)17)12(18-4)11(15)7-9/h6-7H,5,8H2,1-4H3,(H,16,17). The van der Waals surface area contributed by atoms with Gasteiger partial charge < -0.3 is 9.84 Å². The van der Waals surface area contributed by atoms with Crippen molar-refractivity contribution in [3.8, 4) is 5.75 Å². The molecule has 0 unspecified atom stereocenters. The van der Waals surface area contributed by atoms with Crippen molar-refractivity contribution in [1.82, 2.24) is 0 Å². The monoisotopic (exact) mass is 270 g/mol. The molecule has 0 bridgehead atoms. The Kier molecular flexibility index (Phi) is 4.63. The van der Waals surface area contributed by atoms with Gasteiger partial charge in [-0.3, -0.25) is 4.79 Å². The molecule has 0 heterocycles. The van der Waals surface area contributed by atoms with Crippen LogP contribution in [-0.2, 0) is 17.6 Å². The van der Waals surface area contributed by atoms with Crippen molar-refractivity contribution in [2.45, 2.75) is 33.6 Å². The summed E-state index contributed by atoms with van der Waals surface area (Å²) in [7, 11) is 1.55. The fourth-order valence-corrected chi connectivity index (χ4v) is 2.17. The van der Waals surface area contributed by atoms with Gasteiger partial charge in [0, 0.05) is 0 Å². The van der Waals surface area contributed by atoms with Gasteiger partial charge in [-0.25, -0.2) is 0 Å². The Morgan fingerprint density at radius 2 is 2.06 bits per heavy atom. The molecule has 1 rings (SSSR count). The third kappa shape index (κ3) is 3.16. The SMILES string of the molecule is CCc1cc(Cl)c(OC)c(CC(C)(C)C(=O)O)c1. The number of carboxylic acid groups (broad SMARTS) is 1. The largest absolute Gasteiger partial charge is 0.495 e. The second kappa shape index (κ2) is 5.61. The molecule has 0 aliphatic rings. The molecule has 1 N–H and O–H groups in total. The van der Waals surface area contributed by atoms with E-state index >= 15 is 0 Å². The molecule has 0 aromatic heterocycles. The van der Waals surface area contributed by atoms with Crippen LogP contribution >= 0.6 is 11.6 Å². The second-order valence-corrected chi connectivity index (χ2v) is 5.40. The van der Waals surface area contributed by atoms with Gasteiger partial charge in [0.15, 0.2) is 0 Å². The van der Waals surface area contributed by atoms with Gasteiger partial charge in [0.25, 0.3) is 0 Å². The molecule has 3 nitrogen and oxygen atoms in total. The Labute approximate surface area is 113 Å². The predicted molar refractivity (Wildman–Crippen MR) is 72.5 cm³/mol. The second-order valence-electron chi connectivity index (χ2n) is 4.99. The van der Waals surface area contributed by atoms with Gasteiger partial charge >= 0.3 is 5.97 Å². The van der Waals surface area contributed by atoms with E-state index in [0.717, 1.165) is 17.5 Å². The fraction of sp³-hybridized carbons (Fsp3) is 0.500. The molecule has 1 aromatic rings. The number of carboxylic acids is 1. The molecule has 0 radical (unpaired) electrons. The maximum absolute atomic E-state index is 11.2. The summed E-state index contributed by atoms with van der Waals surface area (Å²) in [6.45, 7) is 5.42. The summed E-state index contributed by atoms with van der Waals surface area (Å²) < 4.78 is 5.28. The molecule has 4 heteroatoms. The van der Waals surface area contributed by atoms with Crippen molar-refractivity contribution in [2.75, 3.05) is 7.11 Å². The number of methoxy groups -OCH3 is 1. The maximum atomic E-state index is 11.2. The van der Waals surface area contributed by atoms with E-state index in [0.29, 0.717) is 17.2 Å². The number of hydrogen-bond donors (Lipinski definition) is 1. The van der Waals surface area contributed by atoms with Gasteiger partial charge in [-0.1, -0.05) is 24.6 Å². The van der Waals surface area contributed by atoms with E-state index in [-0.39, 0.29) is 0 Å². The van der Waals surface area contributed by atoms with E-state index in [2.05, 4.69) is 0 Å². The Morgan fingerprint density at radius 1 is 1.44 bits per heavy atom. The lowest BCUT2D eigenvalue weighted by atomic mass is 9.85. The minimum Gasteiger partial charge on any atom is -0.495 e. The minimum atomic E-state index is -0.844. The lowest BCUT2D eigenvalue weighted by Gasteiger charge is -2.21. The van der Waals surface area contributed by atoms with Crippen molar-refractivity contribution >= 4 is 17.6 Å². The highest BCUT2D eigenvalue weighted by molar-refractivity contribution is 6.32. The van der Waals surface area contributed by atoms with E-state index in [1.165, 1.54) is 0 Å². The molecule has 0 saturated heterocycles. The van der Waals surface area contributed by atoms with Crippen LogP contribution in [0.25, 0.3) is 0 Å². The number of benzene rings is 1. The lowest BCUT2D eigenvalue weighted by molar-refractivity contribution is -0.146. The van der Waals surface area contributed by atoms with Crippen molar-refractivity contribution in [2.24, 2.45) is 5.41 Å². The maximum Gasteiger partial charge on any atom is 0.309 e. The normalized spacial score (nSPS) is 11.4. The number of ether oxygens (including phenoxy) is 1. The summed E-state index contributed by atoms with van der Waals surface area (Å²) >= 11 is 6.15. The van der Waals surface area contributed by atoms with Gasteiger partial charge in [0.2, 0.25) is 0 Å². The van der Waals surface area contributed by atoms with Crippen molar-refractivity contribution in [3.63, 3.8) is 0 Å². The van der Waals surface area contributed by atoms with Crippen LogP contribution in [0.3, 0.4) is 0 Å². The van der Waals surface area contributed by atoms with Crippen LogP contribution in [-0.4, -0.2) is 18.2 Å². The van der Waals surface area contributed by atoms with E-state index in [1.54, 1.807) is 21.0 Å². The first kappa shape index (κ1) is 14.8. The van der Waals surface area contributed by atoms with E-state index in [1.807, 2.05) is 19.1 Å². The third-order valence-corrected chi connectivity index (χ3v) is 3.28. The van der Waals surface area contributed by atoms with Gasteiger partial charge in [0.1, 0.15) is 5.75 Å². The van der Waals surface area contributed by atoms with E-state index < -0.39 is 11.4 Å². The molecular formula is C14H19ClO3. The molecule has 0 aliphatic heterocycles. The van der Waals surface area contributed by atoms with Crippen LogP contribution in [0.15, 0.2) is 12.1 Å². The van der Waals surface area contributed by atoms with E-state index in [9.17, 15) is 9.90 Å². The van der Waals surface area contributed by atoms with Crippen molar-refractivity contribution in [1.29, 1.82) is 0 Å². The number of rotatable bonds is 5. The molecule has 0 spiro atoms. The Balaban J connectivity index is 3.22. The van der Waals surface area contributed by atoms with Crippen LogP contribution in [0.1, 0.15) is 31.9 Å². The summed E-state index contributed by atoms with van der Waals surface area (Å²) in [5, 5.41) is 9.72. The van der Waals surface area contributed by atoms with Crippen molar-refractivity contribution < 1.29 is 14.6 Å². The van der Waals surface area contributed by atoms with Crippen LogP contribution in [0.5, 0.6) is 5.75 Å². The third-order valence-electron chi connectivity index (χ3n) is 3.00. The first-order valence-corrected chi connectivity index (χ1v) is 6.28. The summed E-state index contributed by atoms with van der Waals surface area (Å²) in [6.07, 6.45) is 1.24. The highest BCUT2D eigenvalue weighted by Crippen LogP contribution is 2.34. The Morgan fingerprint density at radius 3 is 2.50 bits per heavy atom. The fourth-order valence-electron chi connectivity index (χ4n) is 1.83. The molecule has 100 valence electrons. The van der Waals surface area contributed by atoms with Gasteiger partial charge in [-0.05, 0) is 43.9 Å². The van der Waals surface area contributed by atoms with Crippen LogP contribution in [0, 0.1) is 5.41 Å². The molecule has 0 saturated carbocycles. The summed E-state index contributed by atoms with van der Waals surface area (Å²) in [4.78, 5) is 11.2. The lowest BCUT2D eigenvalue weighted by Crippen LogP contribution is -2.26. The quantitative estimate of drug-likeness (QED) is 0.890. The topological polar surface area (TPSA) is 46.5 Å². The smallest absolute Gasteiger partial charge is 0.309 e. The number of hydrogen-bond acceptors (Lipinski definition) is 2. The van der Waals surface area contributed by atoms with Crippen LogP contribution in [0.4, 0.5) is 0 Å². The first-order chi connectivity index (χ1) is 8.31. The van der Waals surface area contributed by atoms with Gasteiger partial charge in [-0.2, -0.15) is 0 Å². The van der Waals surface area contributed by atoms with Gasteiger partial charge in [-0.15, -0.1) is 0 Å². The zero-order valence-corrected chi connectivity index (χ0v) is 12.0. The van der Waals surface area contributed by atoms with E-state index in [4.69, 9.17) is 16.3 Å².